The molecule has 0 aromatic carbocycles. The van der Waals surface area contributed by atoms with Crippen LogP contribution in [0.5, 0.6) is 0 Å². The molecule has 2 atom stereocenters. The van der Waals surface area contributed by atoms with Gasteiger partial charge in [0, 0.05) is 13.5 Å². The number of hydrogen-bond donors (Lipinski definition) is 0. The standard InChI is InChI=1S/C6H12O2/c1-5-3-4-6(7-2)8-5/h5-6H,3-4H2,1-2H3/t5-,6-/m1/s1. The summed E-state index contributed by atoms with van der Waals surface area (Å²) in [5.41, 5.74) is 0. The van der Waals surface area contributed by atoms with E-state index in [0.29, 0.717) is 6.10 Å². The van der Waals surface area contributed by atoms with E-state index in [4.69, 9.17) is 9.47 Å². The first kappa shape index (κ1) is 6.05. The molecule has 2 heteroatoms. The Hall–Kier alpha value is -0.0800. The van der Waals surface area contributed by atoms with Crippen LogP contribution in [0.2, 0.25) is 0 Å². The molecule has 48 valence electrons. The normalized spacial score (nSPS) is 38.2. The zero-order valence-electron chi connectivity index (χ0n) is 5.39. The van der Waals surface area contributed by atoms with Gasteiger partial charge in [-0.1, -0.05) is 0 Å². The van der Waals surface area contributed by atoms with Crippen LogP contribution in [-0.2, 0) is 9.47 Å². The topological polar surface area (TPSA) is 18.5 Å². The van der Waals surface area contributed by atoms with Crippen molar-refractivity contribution in [2.24, 2.45) is 0 Å². The van der Waals surface area contributed by atoms with Crippen molar-refractivity contribution in [2.45, 2.75) is 32.2 Å². The van der Waals surface area contributed by atoms with Gasteiger partial charge in [0.15, 0.2) is 6.29 Å². The number of methoxy groups -OCH3 is 1. The van der Waals surface area contributed by atoms with Crippen molar-refractivity contribution in [2.75, 3.05) is 7.11 Å². The Bertz CT molecular complexity index is 72.9. The maximum Gasteiger partial charge on any atom is 0.157 e. The molecule has 1 aliphatic heterocycles. The van der Waals surface area contributed by atoms with Crippen LogP contribution >= 0.6 is 0 Å². The lowest BCUT2D eigenvalue weighted by molar-refractivity contribution is -0.110. The van der Waals surface area contributed by atoms with E-state index in [1.54, 1.807) is 7.11 Å². The maximum atomic E-state index is 5.29. The first-order valence-corrected chi connectivity index (χ1v) is 3.01. The third kappa shape index (κ3) is 1.20. The number of rotatable bonds is 1. The van der Waals surface area contributed by atoms with Crippen LogP contribution in [0.4, 0.5) is 0 Å². The van der Waals surface area contributed by atoms with E-state index in [9.17, 15) is 0 Å². The molecule has 1 saturated heterocycles. The van der Waals surface area contributed by atoms with E-state index in [-0.39, 0.29) is 6.29 Å². The van der Waals surface area contributed by atoms with Gasteiger partial charge in [-0.25, -0.2) is 0 Å². The van der Waals surface area contributed by atoms with Gasteiger partial charge in [0.2, 0.25) is 0 Å². The molecule has 0 aromatic heterocycles. The van der Waals surface area contributed by atoms with Crippen molar-refractivity contribution in [1.29, 1.82) is 0 Å². The van der Waals surface area contributed by atoms with Crippen molar-refractivity contribution in [3.8, 4) is 0 Å². The molecule has 2 nitrogen and oxygen atoms in total. The largest absolute Gasteiger partial charge is 0.356 e. The van der Waals surface area contributed by atoms with Crippen LogP contribution in [0.3, 0.4) is 0 Å². The molecule has 0 aromatic rings. The fourth-order valence-electron chi connectivity index (χ4n) is 0.939. The summed E-state index contributed by atoms with van der Waals surface area (Å²) < 4.78 is 10.2. The Kier molecular flexibility index (Phi) is 1.86. The maximum absolute atomic E-state index is 5.29. The van der Waals surface area contributed by atoms with Crippen molar-refractivity contribution in [3.63, 3.8) is 0 Å². The summed E-state index contributed by atoms with van der Waals surface area (Å²) in [5, 5.41) is 0. The second-order valence-corrected chi connectivity index (χ2v) is 2.19. The molecule has 0 N–H and O–H groups in total. The Morgan fingerprint density at radius 3 is 2.50 bits per heavy atom. The molecule has 0 radical (unpaired) electrons. The average Bonchev–Trinajstić information content (AvgIpc) is 2.14. The van der Waals surface area contributed by atoms with Crippen LogP contribution in [-0.4, -0.2) is 19.5 Å². The van der Waals surface area contributed by atoms with E-state index in [1.165, 1.54) is 0 Å². The Morgan fingerprint density at radius 2 is 2.25 bits per heavy atom. The Labute approximate surface area is 49.8 Å². The quantitative estimate of drug-likeness (QED) is 0.511. The van der Waals surface area contributed by atoms with E-state index < -0.39 is 0 Å². The van der Waals surface area contributed by atoms with Crippen molar-refractivity contribution < 1.29 is 9.47 Å². The minimum atomic E-state index is 0.0741. The zero-order chi connectivity index (χ0) is 5.98. The van der Waals surface area contributed by atoms with Gasteiger partial charge < -0.3 is 9.47 Å². The molecule has 0 amide bonds. The van der Waals surface area contributed by atoms with Crippen LogP contribution < -0.4 is 0 Å². The molecule has 1 fully saturated rings. The van der Waals surface area contributed by atoms with Crippen LogP contribution in [0.15, 0.2) is 0 Å². The molecule has 0 spiro atoms. The third-order valence-corrected chi connectivity index (χ3v) is 1.46. The lowest BCUT2D eigenvalue weighted by atomic mass is 10.3. The van der Waals surface area contributed by atoms with Gasteiger partial charge in [0.25, 0.3) is 0 Å². The number of ether oxygens (including phenoxy) is 2. The highest BCUT2D eigenvalue weighted by Gasteiger charge is 2.20. The van der Waals surface area contributed by atoms with Gasteiger partial charge in [-0.05, 0) is 13.3 Å². The predicted octanol–water partition coefficient (Wildman–Crippen LogP) is 1.16. The second-order valence-electron chi connectivity index (χ2n) is 2.19. The summed E-state index contributed by atoms with van der Waals surface area (Å²) in [6, 6.07) is 0. The van der Waals surface area contributed by atoms with Crippen LogP contribution in [0, 0.1) is 0 Å². The zero-order valence-corrected chi connectivity index (χ0v) is 5.39. The lowest BCUT2D eigenvalue weighted by Gasteiger charge is -2.06. The molecule has 1 aliphatic rings. The molecular formula is C6H12O2. The van der Waals surface area contributed by atoms with Gasteiger partial charge in [-0.3, -0.25) is 0 Å². The van der Waals surface area contributed by atoms with Gasteiger partial charge in [-0.2, -0.15) is 0 Å². The van der Waals surface area contributed by atoms with Crippen molar-refractivity contribution in [1.82, 2.24) is 0 Å². The molecule has 0 bridgehead atoms. The molecule has 0 unspecified atom stereocenters. The summed E-state index contributed by atoms with van der Waals surface area (Å²) >= 11 is 0. The lowest BCUT2D eigenvalue weighted by Crippen LogP contribution is -2.09. The van der Waals surface area contributed by atoms with Crippen molar-refractivity contribution in [3.05, 3.63) is 0 Å². The third-order valence-electron chi connectivity index (χ3n) is 1.46. The second kappa shape index (κ2) is 2.46. The summed E-state index contributed by atoms with van der Waals surface area (Å²) in [5.74, 6) is 0. The van der Waals surface area contributed by atoms with E-state index in [1.807, 2.05) is 0 Å². The highest BCUT2D eigenvalue weighted by molar-refractivity contribution is 4.61. The predicted molar refractivity (Wildman–Crippen MR) is 30.6 cm³/mol. The van der Waals surface area contributed by atoms with E-state index in [0.717, 1.165) is 12.8 Å². The van der Waals surface area contributed by atoms with Crippen molar-refractivity contribution >= 4 is 0 Å². The summed E-state index contributed by atoms with van der Waals surface area (Å²) in [6.45, 7) is 2.07. The highest BCUT2D eigenvalue weighted by atomic mass is 16.7. The molecule has 1 heterocycles. The van der Waals surface area contributed by atoms with Crippen LogP contribution in [0.25, 0.3) is 0 Å². The minimum Gasteiger partial charge on any atom is -0.356 e. The smallest absolute Gasteiger partial charge is 0.157 e. The molecular weight excluding hydrogens is 104 g/mol. The Balaban J connectivity index is 2.22. The van der Waals surface area contributed by atoms with Gasteiger partial charge in [0.1, 0.15) is 0 Å². The van der Waals surface area contributed by atoms with Gasteiger partial charge in [0.05, 0.1) is 6.10 Å². The Morgan fingerprint density at radius 1 is 1.50 bits per heavy atom. The first-order valence-electron chi connectivity index (χ1n) is 3.01. The monoisotopic (exact) mass is 116 g/mol. The minimum absolute atomic E-state index is 0.0741. The van der Waals surface area contributed by atoms with E-state index in [2.05, 4.69) is 6.92 Å². The summed E-state index contributed by atoms with van der Waals surface area (Å²) in [4.78, 5) is 0. The fourth-order valence-corrected chi connectivity index (χ4v) is 0.939. The first-order chi connectivity index (χ1) is 3.83. The molecule has 1 rings (SSSR count). The molecule has 8 heavy (non-hydrogen) atoms. The fraction of sp³-hybridized carbons (Fsp3) is 1.00. The summed E-state index contributed by atoms with van der Waals surface area (Å²) in [7, 11) is 1.68. The number of hydrogen-bond acceptors (Lipinski definition) is 2. The van der Waals surface area contributed by atoms with E-state index >= 15 is 0 Å². The van der Waals surface area contributed by atoms with Gasteiger partial charge in [-0.15, -0.1) is 0 Å². The van der Waals surface area contributed by atoms with Crippen LogP contribution in [0.1, 0.15) is 19.8 Å². The average molecular weight is 116 g/mol. The molecule has 0 saturated carbocycles. The highest BCUT2D eigenvalue weighted by Crippen LogP contribution is 2.18. The SMILES string of the molecule is CO[C@H]1CC[C@@H](C)O1. The summed E-state index contributed by atoms with van der Waals surface area (Å²) in [6.07, 6.45) is 2.67. The molecule has 0 aliphatic carbocycles. The van der Waals surface area contributed by atoms with Gasteiger partial charge >= 0.3 is 0 Å².